The third-order valence-corrected chi connectivity index (χ3v) is 3.56. The van der Waals surface area contributed by atoms with Crippen molar-refractivity contribution in [3.63, 3.8) is 0 Å². The summed E-state index contributed by atoms with van der Waals surface area (Å²) in [5.74, 6) is 0. The molecule has 0 atom stereocenters. The molecule has 0 bridgehead atoms. The monoisotopic (exact) mass is 271 g/mol. The third kappa shape index (κ3) is 3.28. The zero-order chi connectivity index (χ0) is 14.5. The predicted molar refractivity (Wildman–Crippen MR) is 84.8 cm³/mol. The van der Waals surface area contributed by atoms with E-state index in [-0.39, 0.29) is 0 Å². The van der Waals surface area contributed by atoms with Crippen LogP contribution in [0.2, 0.25) is 0 Å². The van der Waals surface area contributed by atoms with Crippen molar-refractivity contribution in [2.24, 2.45) is 7.05 Å². The zero-order valence-corrected chi connectivity index (χ0v) is 13.0. The van der Waals surface area contributed by atoms with Gasteiger partial charge in [0.1, 0.15) is 0 Å². The van der Waals surface area contributed by atoms with E-state index in [2.05, 4.69) is 55.6 Å². The van der Waals surface area contributed by atoms with E-state index in [4.69, 9.17) is 0 Å². The molecule has 3 nitrogen and oxygen atoms in total. The van der Waals surface area contributed by atoms with Gasteiger partial charge in [-0.3, -0.25) is 4.68 Å². The minimum atomic E-state index is 0.924. The molecule has 0 fully saturated rings. The maximum atomic E-state index is 4.61. The standard InChI is InChI=1S/C17H25N3/c1-5-7-17-16(12-20(4)19-17)15-10-14(11-18-6-2)9-8-13(15)3/h8-10,12,18H,5-7,11H2,1-4H3. The summed E-state index contributed by atoms with van der Waals surface area (Å²) in [6.07, 6.45) is 4.30. The smallest absolute Gasteiger partial charge is 0.0702 e. The van der Waals surface area contributed by atoms with E-state index >= 15 is 0 Å². The Hall–Kier alpha value is -1.61. The van der Waals surface area contributed by atoms with E-state index in [0.717, 1.165) is 25.9 Å². The van der Waals surface area contributed by atoms with Crippen LogP contribution in [0.5, 0.6) is 0 Å². The Morgan fingerprint density at radius 3 is 2.70 bits per heavy atom. The average molecular weight is 271 g/mol. The largest absolute Gasteiger partial charge is 0.313 e. The Morgan fingerprint density at radius 1 is 1.20 bits per heavy atom. The molecule has 0 aliphatic heterocycles. The number of nitrogens with one attached hydrogen (secondary N) is 1. The molecule has 0 spiro atoms. The Morgan fingerprint density at radius 2 is 2.00 bits per heavy atom. The van der Waals surface area contributed by atoms with Gasteiger partial charge in [-0.05, 0) is 42.6 Å². The van der Waals surface area contributed by atoms with Crippen molar-refractivity contribution in [2.45, 2.75) is 40.2 Å². The zero-order valence-electron chi connectivity index (χ0n) is 13.0. The van der Waals surface area contributed by atoms with E-state index in [1.165, 1.54) is 27.9 Å². The summed E-state index contributed by atoms with van der Waals surface area (Å²) >= 11 is 0. The van der Waals surface area contributed by atoms with Crippen LogP contribution in [-0.2, 0) is 20.0 Å². The van der Waals surface area contributed by atoms with Crippen LogP contribution < -0.4 is 5.32 Å². The van der Waals surface area contributed by atoms with Gasteiger partial charge in [0.25, 0.3) is 0 Å². The fraction of sp³-hybridized carbons (Fsp3) is 0.471. The molecular weight excluding hydrogens is 246 g/mol. The van der Waals surface area contributed by atoms with E-state index in [0.29, 0.717) is 0 Å². The van der Waals surface area contributed by atoms with Gasteiger partial charge in [-0.25, -0.2) is 0 Å². The normalized spacial score (nSPS) is 11.0. The van der Waals surface area contributed by atoms with Crippen LogP contribution in [0.25, 0.3) is 11.1 Å². The molecule has 0 radical (unpaired) electrons. The molecule has 1 aromatic heterocycles. The number of aromatic nitrogens is 2. The molecule has 2 rings (SSSR count). The molecule has 2 aromatic rings. The second-order valence-electron chi connectivity index (χ2n) is 5.34. The summed E-state index contributed by atoms with van der Waals surface area (Å²) in [5, 5.41) is 8.00. The molecule has 1 heterocycles. The van der Waals surface area contributed by atoms with Gasteiger partial charge in [-0.1, -0.05) is 32.4 Å². The lowest BCUT2D eigenvalue weighted by Gasteiger charge is -2.09. The topological polar surface area (TPSA) is 29.9 Å². The van der Waals surface area contributed by atoms with Gasteiger partial charge >= 0.3 is 0 Å². The van der Waals surface area contributed by atoms with Gasteiger partial charge in [-0.15, -0.1) is 0 Å². The summed E-state index contributed by atoms with van der Waals surface area (Å²) in [4.78, 5) is 0. The van der Waals surface area contributed by atoms with Crippen molar-refractivity contribution >= 4 is 0 Å². The van der Waals surface area contributed by atoms with Crippen LogP contribution in [0.15, 0.2) is 24.4 Å². The third-order valence-electron chi connectivity index (χ3n) is 3.56. The molecule has 108 valence electrons. The first-order valence-electron chi connectivity index (χ1n) is 7.48. The second-order valence-corrected chi connectivity index (χ2v) is 5.34. The Kier molecular flexibility index (Phi) is 4.96. The molecule has 20 heavy (non-hydrogen) atoms. The summed E-state index contributed by atoms with van der Waals surface area (Å²) in [6, 6.07) is 6.72. The van der Waals surface area contributed by atoms with Crippen molar-refractivity contribution in [2.75, 3.05) is 6.54 Å². The van der Waals surface area contributed by atoms with Crippen LogP contribution in [-0.4, -0.2) is 16.3 Å². The first-order chi connectivity index (χ1) is 9.65. The van der Waals surface area contributed by atoms with Crippen LogP contribution >= 0.6 is 0 Å². The molecule has 0 saturated carbocycles. The quantitative estimate of drug-likeness (QED) is 0.872. The number of hydrogen-bond acceptors (Lipinski definition) is 2. The minimum Gasteiger partial charge on any atom is -0.313 e. The lowest BCUT2D eigenvalue weighted by atomic mass is 9.97. The molecule has 0 saturated heterocycles. The van der Waals surface area contributed by atoms with E-state index < -0.39 is 0 Å². The van der Waals surface area contributed by atoms with E-state index in [9.17, 15) is 0 Å². The lowest BCUT2D eigenvalue weighted by molar-refractivity contribution is 0.727. The molecule has 1 aromatic carbocycles. The average Bonchev–Trinajstić information content (AvgIpc) is 2.79. The highest BCUT2D eigenvalue weighted by molar-refractivity contribution is 5.69. The summed E-state index contributed by atoms with van der Waals surface area (Å²) in [6.45, 7) is 8.43. The van der Waals surface area contributed by atoms with Gasteiger partial charge in [0.15, 0.2) is 0 Å². The summed E-state index contributed by atoms with van der Waals surface area (Å²) in [7, 11) is 2.00. The van der Waals surface area contributed by atoms with E-state index in [1.54, 1.807) is 0 Å². The second kappa shape index (κ2) is 6.71. The van der Waals surface area contributed by atoms with Crippen molar-refractivity contribution in [1.82, 2.24) is 15.1 Å². The van der Waals surface area contributed by atoms with Gasteiger partial charge in [0.2, 0.25) is 0 Å². The van der Waals surface area contributed by atoms with Crippen LogP contribution in [0.4, 0.5) is 0 Å². The van der Waals surface area contributed by atoms with E-state index in [1.807, 2.05) is 11.7 Å². The highest BCUT2D eigenvalue weighted by Crippen LogP contribution is 2.28. The summed E-state index contributed by atoms with van der Waals surface area (Å²) < 4.78 is 1.93. The fourth-order valence-electron chi connectivity index (χ4n) is 2.52. The molecule has 3 heteroatoms. The first-order valence-corrected chi connectivity index (χ1v) is 7.48. The molecule has 0 aliphatic rings. The Labute approximate surface area is 122 Å². The number of hydrogen-bond donors (Lipinski definition) is 1. The van der Waals surface area contributed by atoms with Gasteiger partial charge in [-0.2, -0.15) is 5.10 Å². The highest BCUT2D eigenvalue weighted by atomic mass is 15.2. The molecule has 1 N–H and O–H groups in total. The van der Waals surface area contributed by atoms with Crippen molar-refractivity contribution in [3.8, 4) is 11.1 Å². The minimum absolute atomic E-state index is 0.924. The Balaban J connectivity index is 2.40. The Bertz CT molecular complexity index is 570. The van der Waals surface area contributed by atoms with Crippen LogP contribution in [0, 0.1) is 6.92 Å². The predicted octanol–water partition coefficient (Wildman–Crippen LogP) is 3.46. The van der Waals surface area contributed by atoms with Crippen molar-refractivity contribution in [3.05, 3.63) is 41.2 Å². The SMILES string of the molecule is CCCc1nn(C)cc1-c1cc(CNCC)ccc1C. The van der Waals surface area contributed by atoms with Gasteiger partial charge in [0, 0.05) is 25.4 Å². The van der Waals surface area contributed by atoms with Gasteiger partial charge in [0.05, 0.1) is 5.69 Å². The van der Waals surface area contributed by atoms with Crippen LogP contribution in [0.1, 0.15) is 37.1 Å². The van der Waals surface area contributed by atoms with Crippen LogP contribution in [0.3, 0.4) is 0 Å². The maximum absolute atomic E-state index is 4.61. The lowest BCUT2D eigenvalue weighted by Crippen LogP contribution is -2.11. The van der Waals surface area contributed by atoms with Crippen molar-refractivity contribution in [1.29, 1.82) is 0 Å². The first kappa shape index (κ1) is 14.8. The highest BCUT2D eigenvalue weighted by Gasteiger charge is 2.12. The maximum Gasteiger partial charge on any atom is 0.0702 e. The number of benzene rings is 1. The van der Waals surface area contributed by atoms with Gasteiger partial charge < -0.3 is 5.32 Å². The molecule has 0 aliphatic carbocycles. The molecular formula is C17H25N3. The fourth-order valence-corrected chi connectivity index (χ4v) is 2.52. The number of rotatable bonds is 6. The molecule has 0 unspecified atom stereocenters. The number of nitrogens with zero attached hydrogens (tertiary/aromatic N) is 2. The summed E-state index contributed by atoms with van der Waals surface area (Å²) in [5.41, 5.74) is 6.45. The molecule has 0 amide bonds. The number of aryl methyl sites for hydroxylation is 3. The van der Waals surface area contributed by atoms with Crippen molar-refractivity contribution < 1.29 is 0 Å².